The van der Waals surface area contributed by atoms with E-state index in [9.17, 15) is 0 Å². The maximum atomic E-state index is 3.44. The molecule has 1 N–H and O–H groups in total. The van der Waals surface area contributed by atoms with Gasteiger partial charge in [-0.3, -0.25) is 0 Å². The molecule has 0 aromatic heterocycles. The first-order valence-electron chi connectivity index (χ1n) is 6.13. The van der Waals surface area contributed by atoms with Crippen molar-refractivity contribution in [1.29, 1.82) is 0 Å². The lowest BCUT2D eigenvalue weighted by Crippen LogP contribution is -2.19. The number of thioether (sulfide) groups is 1. The number of hydrogen-bond donors (Lipinski definition) is 1. The molecule has 0 aliphatic rings. The van der Waals surface area contributed by atoms with Gasteiger partial charge in [0, 0.05) is 4.90 Å². The highest BCUT2D eigenvalue weighted by Gasteiger charge is 2.16. The van der Waals surface area contributed by atoms with E-state index in [2.05, 4.69) is 67.0 Å². The smallest absolute Gasteiger partial charge is 0.0587 e. The third kappa shape index (κ3) is 2.60. The molecule has 2 heteroatoms. The Hall–Kier alpha value is -1.25. The summed E-state index contributed by atoms with van der Waals surface area (Å²) >= 11 is 1.80. The van der Waals surface area contributed by atoms with Crippen molar-refractivity contribution < 1.29 is 0 Å². The molecule has 0 saturated carbocycles. The third-order valence-corrected chi connectivity index (χ3v) is 4.05. The number of rotatable bonds is 4. The first kappa shape index (κ1) is 13.2. The van der Waals surface area contributed by atoms with Gasteiger partial charge < -0.3 is 5.32 Å². The summed E-state index contributed by atoms with van der Waals surface area (Å²) in [6.07, 6.45) is 2.13. The Morgan fingerprint density at radius 2 is 1.56 bits per heavy atom. The molecule has 1 nitrogen and oxygen atoms in total. The third-order valence-electron chi connectivity index (χ3n) is 3.24. The van der Waals surface area contributed by atoms with Crippen LogP contribution in [-0.4, -0.2) is 13.3 Å². The zero-order valence-corrected chi connectivity index (χ0v) is 11.9. The van der Waals surface area contributed by atoms with Crippen LogP contribution in [0.1, 0.15) is 22.7 Å². The molecule has 0 saturated heterocycles. The lowest BCUT2D eigenvalue weighted by molar-refractivity contribution is 0.676. The summed E-state index contributed by atoms with van der Waals surface area (Å²) in [6.45, 7) is 2.17. The van der Waals surface area contributed by atoms with Crippen LogP contribution >= 0.6 is 11.8 Å². The molecular formula is C16H19NS. The second kappa shape index (κ2) is 6.07. The molecule has 0 bridgehead atoms. The largest absolute Gasteiger partial charge is 0.309 e. The van der Waals surface area contributed by atoms with E-state index in [0.29, 0.717) is 0 Å². The van der Waals surface area contributed by atoms with Gasteiger partial charge in [0.2, 0.25) is 0 Å². The van der Waals surface area contributed by atoms with E-state index < -0.39 is 0 Å². The zero-order valence-electron chi connectivity index (χ0n) is 11.1. The van der Waals surface area contributed by atoms with Crippen molar-refractivity contribution >= 4 is 11.8 Å². The fourth-order valence-corrected chi connectivity index (χ4v) is 2.93. The molecule has 2 aromatic carbocycles. The summed E-state index contributed by atoms with van der Waals surface area (Å²) in [4.78, 5) is 1.33. The van der Waals surface area contributed by atoms with Crippen LogP contribution in [0.4, 0.5) is 0 Å². The topological polar surface area (TPSA) is 12.0 Å². The highest BCUT2D eigenvalue weighted by atomic mass is 32.2. The van der Waals surface area contributed by atoms with Gasteiger partial charge in [0.15, 0.2) is 0 Å². The zero-order chi connectivity index (χ0) is 13.0. The quantitative estimate of drug-likeness (QED) is 0.830. The van der Waals surface area contributed by atoms with Crippen LogP contribution in [0.25, 0.3) is 0 Å². The van der Waals surface area contributed by atoms with Crippen LogP contribution in [-0.2, 0) is 0 Å². The van der Waals surface area contributed by atoms with E-state index in [1.54, 1.807) is 11.8 Å². The monoisotopic (exact) mass is 257 g/mol. The molecule has 1 unspecified atom stereocenters. The molecule has 0 heterocycles. The van der Waals surface area contributed by atoms with Crippen molar-refractivity contribution in [2.45, 2.75) is 17.9 Å². The molecule has 2 rings (SSSR count). The van der Waals surface area contributed by atoms with E-state index in [1.807, 2.05) is 7.05 Å². The summed E-state index contributed by atoms with van der Waals surface area (Å²) in [5.74, 6) is 0. The van der Waals surface area contributed by atoms with E-state index in [-0.39, 0.29) is 6.04 Å². The van der Waals surface area contributed by atoms with E-state index in [1.165, 1.54) is 21.6 Å². The van der Waals surface area contributed by atoms with Crippen LogP contribution in [0, 0.1) is 6.92 Å². The van der Waals surface area contributed by atoms with Gasteiger partial charge >= 0.3 is 0 Å². The van der Waals surface area contributed by atoms with Gasteiger partial charge in [-0.2, -0.15) is 0 Å². The summed E-state index contributed by atoms with van der Waals surface area (Å²) in [6, 6.07) is 17.4. The first-order valence-corrected chi connectivity index (χ1v) is 7.36. The van der Waals surface area contributed by atoms with Crippen LogP contribution in [0.5, 0.6) is 0 Å². The van der Waals surface area contributed by atoms with Gasteiger partial charge in [-0.05, 0) is 43.0 Å². The number of nitrogens with one attached hydrogen (secondary N) is 1. The lowest BCUT2D eigenvalue weighted by Gasteiger charge is -2.21. The van der Waals surface area contributed by atoms with Gasteiger partial charge in [-0.25, -0.2) is 0 Å². The Morgan fingerprint density at radius 3 is 2.17 bits per heavy atom. The fourth-order valence-electron chi connectivity index (χ4n) is 2.29. The van der Waals surface area contributed by atoms with Crippen LogP contribution in [0.15, 0.2) is 53.4 Å². The molecule has 0 fully saturated rings. The summed E-state index contributed by atoms with van der Waals surface area (Å²) < 4.78 is 0. The first-order chi connectivity index (χ1) is 8.77. The van der Waals surface area contributed by atoms with Gasteiger partial charge in [-0.1, -0.05) is 42.5 Å². The molecular weight excluding hydrogens is 238 g/mol. The van der Waals surface area contributed by atoms with E-state index in [0.717, 1.165) is 0 Å². The second-order valence-corrected chi connectivity index (χ2v) is 5.17. The van der Waals surface area contributed by atoms with Gasteiger partial charge in [0.1, 0.15) is 0 Å². The number of benzene rings is 2. The summed E-state index contributed by atoms with van der Waals surface area (Å²) in [7, 11) is 2.02. The van der Waals surface area contributed by atoms with Crippen LogP contribution in [0.2, 0.25) is 0 Å². The average molecular weight is 257 g/mol. The van der Waals surface area contributed by atoms with Crippen molar-refractivity contribution in [2.24, 2.45) is 0 Å². The number of hydrogen-bond acceptors (Lipinski definition) is 2. The highest BCUT2D eigenvalue weighted by molar-refractivity contribution is 7.98. The standard InChI is InChI=1S/C16H19NS/c1-12-8-4-5-9-13(12)16(17-2)14-10-6-7-11-15(14)18-3/h4-11,16-17H,1-3H3. The fraction of sp³-hybridized carbons (Fsp3) is 0.250. The summed E-state index contributed by atoms with van der Waals surface area (Å²) in [5.41, 5.74) is 4.02. The predicted molar refractivity (Wildman–Crippen MR) is 80.3 cm³/mol. The Labute approximate surface area is 114 Å². The SMILES string of the molecule is CNC(c1ccccc1C)c1ccccc1SC. The molecule has 0 spiro atoms. The maximum Gasteiger partial charge on any atom is 0.0587 e. The molecule has 0 radical (unpaired) electrons. The average Bonchev–Trinajstić information content (AvgIpc) is 2.42. The second-order valence-electron chi connectivity index (χ2n) is 4.32. The van der Waals surface area contributed by atoms with Crippen molar-refractivity contribution in [3.8, 4) is 0 Å². The highest BCUT2D eigenvalue weighted by Crippen LogP contribution is 2.31. The summed E-state index contributed by atoms with van der Waals surface area (Å²) in [5, 5.41) is 3.44. The predicted octanol–water partition coefficient (Wildman–Crippen LogP) is 4.03. The Bertz CT molecular complexity index is 522. The van der Waals surface area contributed by atoms with Crippen molar-refractivity contribution in [1.82, 2.24) is 5.32 Å². The van der Waals surface area contributed by atoms with Gasteiger partial charge in [0.25, 0.3) is 0 Å². The Kier molecular flexibility index (Phi) is 4.45. The van der Waals surface area contributed by atoms with Crippen molar-refractivity contribution in [3.05, 3.63) is 65.2 Å². The molecule has 94 valence electrons. The molecule has 0 aliphatic heterocycles. The van der Waals surface area contributed by atoms with Gasteiger partial charge in [0.05, 0.1) is 6.04 Å². The number of aryl methyl sites for hydroxylation is 1. The molecule has 18 heavy (non-hydrogen) atoms. The van der Waals surface area contributed by atoms with E-state index >= 15 is 0 Å². The molecule has 1 atom stereocenters. The minimum absolute atomic E-state index is 0.259. The minimum Gasteiger partial charge on any atom is -0.309 e. The maximum absolute atomic E-state index is 3.44. The van der Waals surface area contributed by atoms with Crippen LogP contribution in [0.3, 0.4) is 0 Å². The Balaban J connectivity index is 2.49. The molecule has 2 aromatic rings. The normalized spacial score (nSPS) is 12.4. The van der Waals surface area contributed by atoms with Crippen molar-refractivity contribution in [3.63, 3.8) is 0 Å². The Morgan fingerprint density at radius 1 is 0.944 bits per heavy atom. The molecule has 0 amide bonds. The molecule has 0 aliphatic carbocycles. The van der Waals surface area contributed by atoms with Gasteiger partial charge in [-0.15, -0.1) is 11.8 Å². The lowest BCUT2D eigenvalue weighted by atomic mass is 9.95. The van der Waals surface area contributed by atoms with Crippen LogP contribution < -0.4 is 5.32 Å². The van der Waals surface area contributed by atoms with Crippen molar-refractivity contribution in [2.75, 3.05) is 13.3 Å². The van der Waals surface area contributed by atoms with E-state index in [4.69, 9.17) is 0 Å². The minimum atomic E-state index is 0.259.